The lowest BCUT2D eigenvalue weighted by Crippen LogP contribution is -2.45. The first kappa shape index (κ1) is 15.3. The van der Waals surface area contributed by atoms with E-state index in [0.717, 1.165) is 0 Å². The smallest absolute Gasteiger partial charge is 0.232 e. The Kier molecular flexibility index (Phi) is 7.20. The number of rotatable bonds is 7. The lowest BCUT2D eigenvalue weighted by molar-refractivity contribution is -0.135. The highest BCUT2D eigenvalue weighted by Gasteiger charge is 2.28. The van der Waals surface area contributed by atoms with Crippen molar-refractivity contribution in [1.82, 2.24) is 4.90 Å². The van der Waals surface area contributed by atoms with Gasteiger partial charge in [0.2, 0.25) is 5.91 Å². The number of carbonyl (C=O) groups is 1. The van der Waals surface area contributed by atoms with Gasteiger partial charge < -0.3 is 20.8 Å². The highest BCUT2D eigenvalue weighted by molar-refractivity contribution is 7.80. The molecular weight excluding hydrogens is 228 g/mol. The standard InChI is InChI=1S/C10H20N2O3S/c1-7(2)8(9(11)16)10(15)12(3-5-13)4-6-14/h7-8,13-14H,3-6H2,1-2H3,(H2,11,16). The Hall–Kier alpha value is -0.720. The highest BCUT2D eigenvalue weighted by atomic mass is 32.1. The molecule has 0 bridgehead atoms. The molecule has 0 aliphatic carbocycles. The minimum Gasteiger partial charge on any atom is -0.395 e. The van der Waals surface area contributed by atoms with Crippen LogP contribution in [0.5, 0.6) is 0 Å². The number of nitrogens with zero attached hydrogens (tertiary/aromatic N) is 1. The Morgan fingerprint density at radius 3 is 2.00 bits per heavy atom. The first-order valence-corrected chi connectivity index (χ1v) is 5.66. The molecule has 0 aliphatic rings. The lowest BCUT2D eigenvalue weighted by atomic mass is 9.94. The van der Waals surface area contributed by atoms with E-state index in [1.807, 2.05) is 13.8 Å². The number of aliphatic hydroxyl groups excluding tert-OH is 2. The van der Waals surface area contributed by atoms with E-state index in [2.05, 4.69) is 0 Å². The average Bonchev–Trinajstić information content (AvgIpc) is 2.16. The molecule has 16 heavy (non-hydrogen) atoms. The number of hydrogen-bond donors (Lipinski definition) is 3. The molecule has 0 radical (unpaired) electrons. The molecule has 0 fully saturated rings. The SMILES string of the molecule is CC(C)C(C(=O)N(CCO)CCO)C(N)=S. The van der Waals surface area contributed by atoms with Crippen LogP contribution in [-0.4, -0.2) is 52.3 Å². The molecule has 1 atom stereocenters. The van der Waals surface area contributed by atoms with E-state index in [4.69, 9.17) is 28.2 Å². The second-order valence-electron chi connectivity index (χ2n) is 3.90. The van der Waals surface area contributed by atoms with E-state index in [0.29, 0.717) is 0 Å². The van der Waals surface area contributed by atoms with E-state index in [9.17, 15) is 4.79 Å². The summed E-state index contributed by atoms with van der Waals surface area (Å²) >= 11 is 4.86. The molecule has 0 aromatic rings. The van der Waals surface area contributed by atoms with Gasteiger partial charge in [0.25, 0.3) is 0 Å². The summed E-state index contributed by atoms with van der Waals surface area (Å²) in [6, 6.07) is 0. The van der Waals surface area contributed by atoms with E-state index >= 15 is 0 Å². The Balaban J connectivity index is 4.72. The molecule has 0 aliphatic heterocycles. The van der Waals surface area contributed by atoms with Crippen LogP contribution < -0.4 is 5.73 Å². The van der Waals surface area contributed by atoms with Gasteiger partial charge >= 0.3 is 0 Å². The summed E-state index contributed by atoms with van der Waals surface area (Å²) in [4.78, 5) is 13.6. The molecule has 1 amide bonds. The Labute approximate surface area is 101 Å². The van der Waals surface area contributed by atoms with Crippen LogP contribution in [0, 0.1) is 11.8 Å². The largest absolute Gasteiger partial charge is 0.395 e. The second kappa shape index (κ2) is 7.54. The van der Waals surface area contributed by atoms with Crippen molar-refractivity contribution in [2.75, 3.05) is 26.3 Å². The zero-order valence-electron chi connectivity index (χ0n) is 9.72. The summed E-state index contributed by atoms with van der Waals surface area (Å²) in [5.41, 5.74) is 5.53. The first-order chi connectivity index (χ1) is 7.45. The molecule has 0 heterocycles. The van der Waals surface area contributed by atoms with Crippen molar-refractivity contribution in [3.8, 4) is 0 Å². The number of thiocarbonyl (C=S) groups is 1. The van der Waals surface area contributed by atoms with Gasteiger partial charge in [-0.25, -0.2) is 0 Å². The van der Waals surface area contributed by atoms with Crippen LogP contribution in [0.2, 0.25) is 0 Å². The first-order valence-electron chi connectivity index (χ1n) is 5.25. The molecule has 0 rings (SSSR count). The van der Waals surface area contributed by atoms with Crippen molar-refractivity contribution in [3.63, 3.8) is 0 Å². The van der Waals surface area contributed by atoms with Crippen LogP contribution in [0.3, 0.4) is 0 Å². The van der Waals surface area contributed by atoms with Crippen molar-refractivity contribution in [2.24, 2.45) is 17.6 Å². The zero-order valence-corrected chi connectivity index (χ0v) is 10.5. The Morgan fingerprint density at radius 2 is 1.75 bits per heavy atom. The van der Waals surface area contributed by atoms with E-state index in [1.54, 1.807) is 0 Å². The summed E-state index contributed by atoms with van der Waals surface area (Å²) in [6.07, 6.45) is 0. The normalized spacial score (nSPS) is 12.6. The van der Waals surface area contributed by atoms with Crippen molar-refractivity contribution in [2.45, 2.75) is 13.8 Å². The number of carbonyl (C=O) groups excluding carboxylic acids is 1. The van der Waals surface area contributed by atoms with Crippen molar-refractivity contribution >= 4 is 23.1 Å². The molecule has 0 aromatic carbocycles. The fourth-order valence-corrected chi connectivity index (χ4v) is 1.88. The van der Waals surface area contributed by atoms with Gasteiger partial charge in [0.1, 0.15) is 0 Å². The third kappa shape index (κ3) is 4.42. The second-order valence-corrected chi connectivity index (χ2v) is 4.37. The van der Waals surface area contributed by atoms with E-state index < -0.39 is 5.92 Å². The molecule has 4 N–H and O–H groups in total. The molecule has 5 nitrogen and oxygen atoms in total. The molecule has 0 saturated heterocycles. The molecule has 6 heteroatoms. The Morgan fingerprint density at radius 1 is 1.31 bits per heavy atom. The fraction of sp³-hybridized carbons (Fsp3) is 0.800. The summed E-state index contributed by atoms with van der Waals surface area (Å²) < 4.78 is 0. The van der Waals surface area contributed by atoms with Gasteiger partial charge in [0.05, 0.1) is 24.1 Å². The van der Waals surface area contributed by atoms with Crippen molar-refractivity contribution < 1.29 is 15.0 Å². The number of hydrogen-bond acceptors (Lipinski definition) is 4. The van der Waals surface area contributed by atoms with Gasteiger partial charge in [-0.15, -0.1) is 0 Å². The molecule has 1 unspecified atom stereocenters. The predicted molar refractivity (Wildman–Crippen MR) is 65.9 cm³/mol. The molecule has 0 saturated carbocycles. The van der Waals surface area contributed by atoms with Gasteiger partial charge in [0.15, 0.2) is 0 Å². The topological polar surface area (TPSA) is 86.8 Å². The van der Waals surface area contributed by atoms with Gasteiger partial charge in [0, 0.05) is 13.1 Å². The zero-order chi connectivity index (χ0) is 12.7. The van der Waals surface area contributed by atoms with Gasteiger partial charge in [-0.2, -0.15) is 0 Å². The predicted octanol–water partition coefficient (Wildman–Crippen LogP) is -0.642. The minimum absolute atomic E-state index is 0.00452. The van der Waals surface area contributed by atoms with Crippen LogP contribution in [0.4, 0.5) is 0 Å². The lowest BCUT2D eigenvalue weighted by Gasteiger charge is -2.27. The monoisotopic (exact) mass is 248 g/mol. The van der Waals surface area contributed by atoms with E-state index in [-0.39, 0.29) is 43.1 Å². The van der Waals surface area contributed by atoms with E-state index in [1.165, 1.54) is 4.90 Å². The van der Waals surface area contributed by atoms with Gasteiger partial charge in [-0.3, -0.25) is 4.79 Å². The fourth-order valence-electron chi connectivity index (χ4n) is 1.51. The molecule has 0 aromatic heterocycles. The number of nitrogens with two attached hydrogens (primary N) is 1. The molecule has 94 valence electrons. The minimum atomic E-state index is -0.534. The maximum absolute atomic E-state index is 12.0. The van der Waals surface area contributed by atoms with Crippen LogP contribution in [0.15, 0.2) is 0 Å². The summed E-state index contributed by atoms with van der Waals surface area (Å²) in [5, 5.41) is 17.7. The van der Waals surface area contributed by atoms with Gasteiger partial charge in [-0.1, -0.05) is 26.1 Å². The summed E-state index contributed by atoms with van der Waals surface area (Å²) in [6.45, 7) is 3.80. The van der Waals surface area contributed by atoms with Crippen LogP contribution in [0.25, 0.3) is 0 Å². The molecular formula is C10H20N2O3S. The van der Waals surface area contributed by atoms with Crippen molar-refractivity contribution in [3.05, 3.63) is 0 Å². The quantitative estimate of drug-likeness (QED) is 0.522. The summed E-state index contributed by atoms with van der Waals surface area (Å²) in [7, 11) is 0. The number of amides is 1. The third-order valence-corrected chi connectivity index (χ3v) is 2.54. The van der Waals surface area contributed by atoms with Crippen LogP contribution >= 0.6 is 12.2 Å². The van der Waals surface area contributed by atoms with Gasteiger partial charge in [-0.05, 0) is 5.92 Å². The highest BCUT2D eigenvalue weighted by Crippen LogP contribution is 2.14. The van der Waals surface area contributed by atoms with Crippen LogP contribution in [0.1, 0.15) is 13.8 Å². The van der Waals surface area contributed by atoms with Crippen LogP contribution in [-0.2, 0) is 4.79 Å². The number of aliphatic hydroxyl groups is 2. The average molecular weight is 248 g/mol. The third-order valence-electron chi connectivity index (χ3n) is 2.29. The Bertz CT molecular complexity index is 240. The summed E-state index contributed by atoms with van der Waals surface area (Å²) in [5.74, 6) is -0.761. The molecule has 0 spiro atoms. The van der Waals surface area contributed by atoms with Crippen molar-refractivity contribution in [1.29, 1.82) is 0 Å². The maximum Gasteiger partial charge on any atom is 0.232 e. The maximum atomic E-state index is 12.0.